The Morgan fingerprint density at radius 1 is 1.19 bits per heavy atom. The maximum Gasteiger partial charge on any atom is 0.232 e. The van der Waals surface area contributed by atoms with Crippen molar-refractivity contribution < 1.29 is 10.0 Å². The minimum atomic E-state index is -0.305. The van der Waals surface area contributed by atoms with Gasteiger partial charge >= 0.3 is 0 Å². The summed E-state index contributed by atoms with van der Waals surface area (Å²) in [6, 6.07) is 14.1. The molecular formula is C16H15N3O2. The van der Waals surface area contributed by atoms with E-state index in [0.717, 1.165) is 12.1 Å². The summed E-state index contributed by atoms with van der Waals surface area (Å²) < 4.78 is 0. The maximum atomic E-state index is 11.7. The minimum absolute atomic E-state index is 0.110. The molecule has 2 aromatic rings. The summed E-state index contributed by atoms with van der Waals surface area (Å²) in [5.41, 5.74) is 11.0. The number of nitrogens with zero attached hydrogens (tertiary/aromatic N) is 1. The molecule has 1 aliphatic rings. The topological polar surface area (TPSA) is 87.7 Å². The second-order valence-electron chi connectivity index (χ2n) is 5.02. The molecule has 21 heavy (non-hydrogen) atoms. The van der Waals surface area contributed by atoms with Crippen LogP contribution >= 0.6 is 0 Å². The van der Waals surface area contributed by atoms with Crippen molar-refractivity contribution in [3.05, 3.63) is 53.6 Å². The Labute approximate surface area is 122 Å². The lowest BCUT2D eigenvalue weighted by molar-refractivity contribution is -0.115. The lowest BCUT2D eigenvalue weighted by atomic mass is 10.1. The van der Waals surface area contributed by atoms with Crippen LogP contribution in [0.2, 0.25) is 0 Å². The highest BCUT2D eigenvalue weighted by Crippen LogP contribution is 2.37. The number of amides is 1. The normalized spacial score (nSPS) is 12.7. The van der Waals surface area contributed by atoms with Crippen molar-refractivity contribution in [3.8, 4) is 11.1 Å². The highest BCUT2D eigenvalue weighted by molar-refractivity contribution is 6.05. The predicted octanol–water partition coefficient (Wildman–Crippen LogP) is 2.33. The molecule has 0 spiro atoms. The molecule has 2 aromatic carbocycles. The Bertz CT molecular complexity index is 738. The monoisotopic (exact) mass is 281 g/mol. The molecule has 1 amide bonds. The first-order valence-electron chi connectivity index (χ1n) is 6.65. The molecule has 3 rings (SSSR count). The third kappa shape index (κ3) is 2.58. The van der Waals surface area contributed by atoms with Crippen LogP contribution in [0.4, 0.5) is 5.69 Å². The molecular weight excluding hydrogens is 266 g/mol. The van der Waals surface area contributed by atoms with E-state index in [1.807, 2.05) is 30.3 Å². The summed E-state index contributed by atoms with van der Waals surface area (Å²) in [6.07, 6.45) is 0.739. The van der Waals surface area contributed by atoms with Crippen molar-refractivity contribution in [1.82, 2.24) is 0 Å². The minimum Gasteiger partial charge on any atom is -0.409 e. The smallest absolute Gasteiger partial charge is 0.232 e. The van der Waals surface area contributed by atoms with Gasteiger partial charge in [-0.25, -0.2) is 0 Å². The molecule has 0 heterocycles. The van der Waals surface area contributed by atoms with Crippen molar-refractivity contribution >= 4 is 17.4 Å². The molecule has 0 unspecified atom stereocenters. The maximum absolute atomic E-state index is 11.7. The molecule has 1 aliphatic carbocycles. The van der Waals surface area contributed by atoms with Gasteiger partial charge in [0, 0.05) is 5.69 Å². The number of anilines is 1. The van der Waals surface area contributed by atoms with E-state index in [9.17, 15) is 4.79 Å². The van der Waals surface area contributed by atoms with Crippen LogP contribution in [0.15, 0.2) is 47.6 Å². The van der Waals surface area contributed by atoms with Crippen LogP contribution in [-0.2, 0) is 11.2 Å². The highest BCUT2D eigenvalue weighted by atomic mass is 16.4. The summed E-state index contributed by atoms with van der Waals surface area (Å²) >= 11 is 0. The molecule has 0 atom stereocenters. The number of nitrogens with one attached hydrogen (secondary N) is 1. The van der Waals surface area contributed by atoms with Crippen molar-refractivity contribution in [3.63, 3.8) is 0 Å². The van der Waals surface area contributed by atoms with Crippen LogP contribution in [0.3, 0.4) is 0 Å². The number of oxime groups is 1. The lowest BCUT2D eigenvalue weighted by Crippen LogP contribution is -2.22. The Balaban J connectivity index is 1.80. The number of amidine groups is 1. The number of benzene rings is 2. The van der Waals surface area contributed by atoms with E-state index in [0.29, 0.717) is 0 Å². The zero-order chi connectivity index (χ0) is 14.8. The summed E-state index contributed by atoms with van der Waals surface area (Å²) in [4.78, 5) is 11.7. The van der Waals surface area contributed by atoms with E-state index < -0.39 is 0 Å². The molecule has 0 aromatic heterocycles. The number of hydrogen-bond acceptors (Lipinski definition) is 3. The molecule has 0 saturated carbocycles. The molecule has 0 aliphatic heterocycles. The van der Waals surface area contributed by atoms with Gasteiger partial charge in [0.15, 0.2) is 0 Å². The van der Waals surface area contributed by atoms with E-state index in [4.69, 9.17) is 10.9 Å². The van der Waals surface area contributed by atoms with E-state index in [1.165, 1.54) is 22.3 Å². The van der Waals surface area contributed by atoms with E-state index in [1.54, 1.807) is 0 Å². The van der Waals surface area contributed by atoms with Crippen LogP contribution in [0.1, 0.15) is 17.5 Å². The second-order valence-corrected chi connectivity index (χ2v) is 5.02. The average molecular weight is 281 g/mol. The first-order chi connectivity index (χ1) is 10.2. The van der Waals surface area contributed by atoms with Crippen LogP contribution in [0.5, 0.6) is 0 Å². The first-order valence-corrected chi connectivity index (χ1v) is 6.65. The quantitative estimate of drug-likeness (QED) is 0.298. The molecule has 4 N–H and O–H groups in total. The Kier molecular flexibility index (Phi) is 3.31. The molecule has 5 heteroatoms. The largest absolute Gasteiger partial charge is 0.409 e. The van der Waals surface area contributed by atoms with Crippen LogP contribution in [0.25, 0.3) is 11.1 Å². The van der Waals surface area contributed by atoms with Gasteiger partial charge in [-0.1, -0.05) is 35.5 Å². The van der Waals surface area contributed by atoms with Crippen molar-refractivity contribution in [2.24, 2.45) is 10.9 Å². The van der Waals surface area contributed by atoms with Crippen molar-refractivity contribution in [2.75, 3.05) is 5.32 Å². The number of carbonyl (C=O) groups excluding carboxylic acids is 1. The molecule has 5 nitrogen and oxygen atoms in total. The fraction of sp³-hybridized carbons (Fsp3) is 0.125. The Morgan fingerprint density at radius 3 is 2.76 bits per heavy atom. The fourth-order valence-corrected chi connectivity index (χ4v) is 2.63. The zero-order valence-electron chi connectivity index (χ0n) is 11.3. The van der Waals surface area contributed by atoms with Gasteiger partial charge in [-0.3, -0.25) is 4.79 Å². The molecule has 0 fully saturated rings. The molecule has 0 saturated heterocycles. The van der Waals surface area contributed by atoms with E-state index >= 15 is 0 Å². The van der Waals surface area contributed by atoms with Gasteiger partial charge < -0.3 is 16.3 Å². The average Bonchev–Trinajstić information content (AvgIpc) is 2.84. The van der Waals surface area contributed by atoms with Gasteiger partial charge in [0.1, 0.15) is 5.84 Å². The van der Waals surface area contributed by atoms with E-state index in [2.05, 4.69) is 22.6 Å². The second kappa shape index (κ2) is 5.28. The summed E-state index contributed by atoms with van der Waals surface area (Å²) in [7, 11) is 0. The van der Waals surface area contributed by atoms with Crippen LogP contribution in [-0.4, -0.2) is 17.0 Å². The summed E-state index contributed by atoms with van der Waals surface area (Å²) in [6.45, 7) is 0. The van der Waals surface area contributed by atoms with Gasteiger partial charge in [0.25, 0.3) is 0 Å². The Hall–Kier alpha value is -2.82. The third-order valence-corrected chi connectivity index (χ3v) is 3.55. The fourth-order valence-electron chi connectivity index (χ4n) is 2.63. The van der Waals surface area contributed by atoms with Crippen LogP contribution in [0, 0.1) is 0 Å². The zero-order valence-corrected chi connectivity index (χ0v) is 11.3. The Morgan fingerprint density at radius 2 is 1.95 bits per heavy atom. The number of nitrogens with two attached hydrogens (primary N) is 1. The van der Waals surface area contributed by atoms with E-state index in [-0.39, 0.29) is 18.2 Å². The van der Waals surface area contributed by atoms with Crippen LogP contribution < -0.4 is 11.1 Å². The standard InChI is InChI=1S/C16H15N3O2/c17-15(19-21)9-16(20)18-12-5-6-14-11(8-12)7-10-3-1-2-4-13(10)14/h1-6,8,21H,7,9H2,(H2,17,19)(H,18,20). The highest BCUT2D eigenvalue weighted by Gasteiger charge is 2.18. The third-order valence-electron chi connectivity index (χ3n) is 3.55. The van der Waals surface area contributed by atoms with Gasteiger partial charge in [0.05, 0.1) is 6.42 Å². The molecule has 106 valence electrons. The van der Waals surface area contributed by atoms with Gasteiger partial charge in [-0.2, -0.15) is 0 Å². The first kappa shape index (κ1) is 13.2. The molecule has 0 radical (unpaired) electrons. The SMILES string of the molecule is N/C(CC(=O)Nc1ccc2c(c1)Cc1ccccc1-2)=N\O. The number of carbonyl (C=O) groups is 1. The number of fused-ring (bicyclic) bond motifs is 3. The number of hydrogen-bond donors (Lipinski definition) is 3. The van der Waals surface area contributed by atoms with Gasteiger partial charge in [-0.05, 0) is 40.8 Å². The van der Waals surface area contributed by atoms with Gasteiger partial charge in [0.2, 0.25) is 5.91 Å². The van der Waals surface area contributed by atoms with Crippen molar-refractivity contribution in [2.45, 2.75) is 12.8 Å². The lowest BCUT2D eigenvalue weighted by Gasteiger charge is -2.07. The van der Waals surface area contributed by atoms with Gasteiger partial charge in [-0.15, -0.1) is 0 Å². The molecule has 0 bridgehead atoms. The summed E-state index contributed by atoms with van der Waals surface area (Å²) in [5, 5.41) is 14.0. The predicted molar refractivity (Wildman–Crippen MR) is 81.3 cm³/mol. The summed E-state index contributed by atoms with van der Waals surface area (Å²) in [5.74, 6) is -0.415. The van der Waals surface area contributed by atoms with Crippen molar-refractivity contribution in [1.29, 1.82) is 0 Å². The number of rotatable bonds is 3.